The predicted octanol–water partition coefficient (Wildman–Crippen LogP) is 2.50. The Morgan fingerprint density at radius 1 is 1.54 bits per heavy atom. The van der Waals surface area contributed by atoms with E-state index in [0.29, 0.717) is 11.8 Å². The van der Waals surface area contributed by atoms with Gasteiger partial charge in [-0.1, -0.05) is 13.8 Å². The first-order chi connectivity index (χ1) is 6.00. The number of esters is 1. The van der Waals surface area contributed by atoms with Crippen LogP contribution in [-0.4, -0.2) is 11.0 Å². The van der Waals surface area contributed by atoms with Gasteiger partial charge in [-0.3, -0.25) is 4.79 Å². The summed E-state index contributed by atoms with van der Waals surface area (Å²) in [4.78, 5) is 15.9. The van der Waals surface area contributed by atoms with Crippen LogP contribution in [0.5, 0.6) is 5.88 Å². The van der Waals surface area contributed by atoms with E-state index in [4.69, 9.17) is 4.74 Å². The molecule has 0 aliphatic heterocycles. The van der Waals surface area contributed by atoms with Gasteiger partial charge in [0.05, 0.1) is 9.88 Å². The molecule has 0 saturated heterocycles. The molecule has 0 N–H and O–H groups in total. The molecule has 0 fully saturated rings. The number of aromatic nitrogens is 1. The Balaban J connectivity index is 2.89. The summed E-state index contributed by atoms with van der Waals surface area (Å²) in [5, 5.41) is 1.01. The van der Waals surface area contributed by atoms with Crippen LogP contribution < -0.4 is 4.74 Å². The zero-order valence-corrected chi connectivity index (χ0v) is 9.07. The Kier molecular flexibility index (Phi) is 3.03. The molecule has 1 aromatic rings. The molecular weight excluding hydrogens is 186 g/mol. The fourth-order valence-electron chi connectivity index (χ4n) is 0.880. The van der Waals surface area contributed by atoms with Gasteiger partial charge in [0.15, 0.2) is 0 Å². The van der Waals surface area contributed by atoms with Gasteiger partial charge in [-0.15, -0.1) is 11.3 Å². The van der Waals surface area contributed by atoms with E-state index in [1.807, 2.05) is 6.92 Å². The Hall–Kier alpha value is -0.900. The van der Waals surface area contributed by atoms with Crippen LogP contribution in [0.1, 0.15) is 36.6 Å². The summed E-state index contributed by atoms with van der Waals surface area (Å²) in [6.07, 6.45) is 0. The predicted molar refractivity (Wildman–Crippen MR) is 52.2 cm³/mol. The molecule has 0 unspecified atom stereocenters. The van der Waals surface area contributed by atoms with Gasteiger partial charge in [-0.2, -0.15) is 0 Å². The van der Waals surface area contributed by atoms with Crippen molar-refractivity contribution in [3.63, 3.8) is 0 Å². The molecule has 0 bridgehead atoms. The number of hydrogen-bond acceptors (Lipinski definition) is 4. The molecule has 13 heavy (non-hydrogen) atoms. The molecule has 0 aliphatic rings. The molecule has 1 heterocycles. The molecule has 0 amide bonds. The maximum absolute atomic E-state index is 10.7. The van der Waals surface area contributed by atoms with Crippen LogP contribution in [0.3, 0.4) is 0 Å². The zero-order chi connectivity index (χ0) is 10.0. The number of rotatable bonds is 2. The first kappa shape index (κ1) is 10.2. The lowest BCUT2D eigenvalue weighted by molar-refractivity contribution is -0.132. The van der Waals surface area contributed by atoms with Crippen molar-refractivity contribution in [3.05, 3.63) is 9.88 Å². The smallest absolute Gasteiger partial charge is 0.309 e. The van der Waals surface area contributed by atoms with E-state index in [1.165, 1.54) is 6.92 Å². The monoisotopic (exact) mass is 199 g/mol. The molecule has 0 aromatic carbocycles. The lowest BCUT2D eigenvalue weighted by atomic mass is 10.2. The summed E-state index contributed by atoms with van der Waals surface area (Å²) < 4.78 is 4.94. The summed E-state index contributed by atoms with van der Waals surface area (Å²) in [6.45, 7) is 7.42. The minimum atomic E-state index is -0.316. The molecule has 0 spiro atoms. The second kappa shape index (κ2) is 3.87. The largest absolute Gasteiger partial charge is 0.406 e. The van der Waals surface area contributed by atoms with Crippen molar-refractivity contribution in [2.75, 3.05) is 0 Å². The lowest BCUT2D eigenvalue weighted by Crippen LogP contribution is -2.02. The van der Waals surface area contributed by atoms with E-state index >= 15 is 0 Å². The van der Waals surface area contributed by atoms with Gasteiger partial charge >= 0.3 is 5.97 Å². The third kappa shape index (κ3) is 2.52. The number of ether oxygens (including phenoxy) is 1. The normalized spacial score (nSPS) is 10.5. The van der Waals surface area contributed by atoms with E-state index in [2.05, 4.69) is 18.8 Å². The number of carbonyl (C=O) groups excluding carboxylic acids is 1. The standard InChI is InChI=1S/C9H13NO2S/c1-5(2)9-10-8(6(3)13-9)12-7(4)11/h5H,1-4H3. The Morgan fingerprint density at radius 2 is 2.15 bits per heavy atom. The van der Waals surface area contributed by atoms with Gasteiger partial charge in [0.1, 0.15) is 0 Å². The molecule has 0 aliphatic carbocycles. The second-order valence-electron chi connectivity index (χ2n) is 3.16. The number of nitrogens with zero attached hydrogens (tertiary/aromatic N) is 1. The van der Waals surface area contributed by atoms with Gasteiger partial charge in [0.2, 0.25) is 5.88 Å². The fraction of sp³-hybridized carbons (Fsp3) is 0.556. The fourth-order valence-corrected chi connectivity index (χ4v) is 1.73. The zero-order valence-electron chi connectivity index (χ0n) is 8.25. The SMILES string of the molecule is CC(=O)Oc1nc(C(C)C)sc1C. The summed E-state index contributed by atoms with van der Waals surface area (Å²) in [5.74, 6) is 0.526. The highest BCUT2D eigenvalue weighted by Crippen LogP contribution is 2.28. The van der Waals surface area contributed by atoms with E-state index in [0.717, 1.165) is 9.88 Å². The first-order valence-electron chi connectivity index (χ1n) is 4.16. The van der Waals surface area contributed by atoms with Gasteiger partial charge < -0.3 is 4.74 Å². The van der Waals surface area contributed by atoms with Crippen molar-refractivity contribution in [1.29, 1.82) is 0 Å². The summed E-state index contributed by atoms with van der Waals surface area (Å²) in [5.41, 5.74) is 0. The second-order valence-corrected chi connectivity index (χ2v) is 4.40. The van der Waals surface area contributed by atoms with Crippen molar-refractivity contribution >= 4 is 17.3 Å². The summed E-state index contributed by atoms with van der Waals surface area (Å²) in [7, 11) is 0. The molecule has 0 radical (unpaired) electrons. The summed E-state index contributed by atoms with van der Waals surface area (Å²) >= 11 is 1.58. The highest BCUT2D eigenvalue weighted by molar-refractivity contribution is 7.11. The minimum absolute atomic E-state index is 0.316. The molecule has 72 valence electrons. The van der Waals surface area contributed by atoms with Crippen molar-refractivity contribution in [1.82, 2.24) is 4.98 Å². The number of aryl methyl sites for hydroxylation is 1. The molecule has 3 nitrogen and oxygen atoms in total. The molecule has 1 rings (SSSR count). The van der Waals surface area contributed by atoms with E-state index in [1.54, 1.807) is 11.3 Å². The van der Waals surface area contributed by atoms with E-state index in [9.17, 15) is 4.79 Å². The molecular formula is C9H13NO2S. The van der Waals surface area contributed by atoms with Crippen molar-refractivity contribution < 1.29 is 9.53 Å². The van der Waals surface area contributed by atoms with Crippen LogP contribution >= 0.6 is 11.3 Å². The van der Waals surface area contributed by atoms with Crippen LogP contribution in [0, 0.1) is 6.92 Å². The average Bonchev–Trinajstić information content (AvgIpc) is 2.31. The maximum atomic E-state index is 10.7. The molecule has 4 heteroatoms. The lowest BCUT2D eigenvalue weighted by Gasteiger charge is -1.96. The highest BCUT2D eigenvalue weighted by atomic mass is 32.1. The van der Waals surface area contributed by atoms with Crippen LogP contribution in [0.25, 0.3) is 0 Å². The molecule has 0 atom stereocenters. The van der Waals surface area contributed by atoms with Crippen LogP contribution in [0.2, 0.25) is 0 Å². The summed E-state index contributed by atoms with van der Waals surface area (Å²) in [6, 6.07) is 0. The van der Waals surface area contributed by atoms with Gasteiger partial charge in [0, 0.05) is 12.8 Å². The van der Waals surface area contributed by atoms with Crippen molar-refractivity contribution in [2.45, 2.75) is 33.6 Å². The van der Waals surface area contributed by atoms with E-state index in [-0.39, 0.29) is 5.97 Å². The Bertz CT molecular complexity index is 317. The van der Waals surface area contributed by atoms with E-state index < -0.39 is 0 Å². The highest BCUT2D eigenvalue weighted by Gasteiger charge is 2.12. The van der Waals surface area contributed by atoms with Gasteiger partial charge in [0.25, 0.3) is 0 Å². The quantitative estimate of drug-likeness (QED) is 0.687. The van der Waals surface area contributed by atoms with Crippen molar-refractivity contribution in [2.24, 2.45) is 0 Å². The topological polar surface area (TPSA) is 39.2 Å². The Labute approximate surface area is 81.8 Å². The maximum Gasteiger partial charge on any atom is 0.309 e. The number of hydrogen-bond donors (Lipinski definition) is 0. The number of carbonyl (C=O) groups is 1. The average molecular weight is 199 g/mol. The van der Waals surface area contributed by atoms with Crippen LogP contribution in [0.15, 0.2) is 0 Å². The van der Waals surface area contributed by atoms with Crippen LogP contribution in [-0.2, 0) is 4.79 Å². The third-order valence-electron chi connectivity index (χ3n) is 1.50. The molecule has 1 aromatic heterocycles. The Morgan fingerprint density at radius 3 is 2.54 bits per heavy atom. The number of thiazole rings is 1. The van der Waals surface area contributed by atoms with Crippen molar-refractivity contribution in [3.8, 4) is 5.88 Å². The third-order valence-corrected chi connectivity index (χ3v) is 2.76. The minimum Gasteiger partial charge on any atom is -0.406 e. The van der Waals surface area contributed by atoms with Gasteiger partial charge in [-0.25, -0.2) is 4.98 Å². The van der Waals surface area contributed by atoms with Crippen LogP contribution in [0.4, 0.5) is 0 Å². The van der Waals surface area contributed by atoms with Gasteiger partial charge in [-0.05, 0) is 6.92 Å². The first-order valence-corrected chi connectivity index (χ1v) is 4.98. The molecule has 0 saturated carbocycles.